The zero-order valence-electron chi connectivity index (χ0n) is 11.0. The third-order valence-corrected chi connectivity index (χ3v) is 3.57. The Hall–Kier alpha value is -2.21. The summed E-state index contributed by atoms with van der Waals surface area (Å²) >= 11 is 6.19. The number of halogens is 1. The molecule has 0 spiro atoms. The van der Waals surface area contributed by atoms with E-state index in [0.717, 1.165) is 0 Å². The molecule has 2 N–H and O–H groups in total. The Kier molecular flexibility index (Phi) is 3.59. The van der Waals surface area contributed by atoms with Gasteiger partial charge in [0.15, 0.2) is 23.0 Å². The Labute approximate surface area is 119 Å². The highest BCUT2D eigenvalue weighted by Gasteiger charge is 2.24. The summed E-state index contributed by atoms with van der Waals surface area (Å²) in [5.74, 6) is -1.07. The number of benzene rings is 1. The van der Waals surface area contributed by atoms with Crippen molar-refractivity contribution in [1.82, 2.24) is 5.16 Å². The topological polar surface area (TPSA) is 92.8 Å². The van der Waals surface area contributed by atoms with Crippen LogP contribution in [-0.2, 0) is 0 Å². The van der Waals surface area contributed by atoms with E-state index in [0.29, 0.717) is 16.1 Å². The lowest BCUT2D eigenvalue weighted by atomic mass is 10.0. The van der Waals surface area contributed by atoms with Gasteiger partial charge in [-0.15, -0.1) is 0 Å². The van der Waals surface area contributed by atoms with Gasteiger partial charge in [0.1, 0.15) is 0 Å². The number of methoxy groups -OCH3 is 1. The fourth-order valence-corrected chi connectivity index (χ4v) is 2.18. The van der Waals surface area contributed by atoms with Crippen LogP contribution in [0.4, 0.5) is 0 Å². The minimum Gasteiger partial charge on any atom is -0.504 e. The number of aromatic hydroxyl groups is 1. The molecule has 0 radical (unpaired) electrons. The van der Waals surface area contributed by atoms with Crippen LogP contribution in [0.25, 0.3) is 11.3 Å². The lowest BCUT2D eigenvalue weighted by molar-refractivity contribution is 0.0686. The molecular formula is C13H12ClNO5. The van der Waals surface area contributed by atoms with E-state index in [-0.39, 0.29) is 28.5 Å². The number of aromatic carboxylic acids is 1. The molecular weight excluding hydrogens is 286 g/mol. The zero-order valence-corrected chi connectivity index (χ0v) is 11.8. The molecule has 0 fully saturated rings. The predicted molar refractivity (Wildman–Crippen MR) is 71.6 cm³/mol. The SMILES string of the molecule is COc1c(C)c(Cl)c(C)c(-c2cc(C(=O)O)no2)c1O. The van der Waals surface area contributed by atoms with Crippen molar-refractivity contribution >= 4 is 17.6 Å². The Bertz CT molecular complexity index is 693. The Morgan fingerprint density at radius 1 is 1.40 bits per heavy atom. The van der Waals surface area contributed by atoms with Gasteiger partial charge >= 0.3 is 5.97 Å². The van der Waals surface area contributed by atoms with Gasteiger partial charge in [0.05, 0.1) is 17.7 Å². The molecule has 0 saturated heterocycles. The van der Waals surface area contributed by atoms with Gasteiger partial charge in [-0.3, -0.25) is 0 Å². The van der Waals surface area contributed by atoms with Crippen LogP contribution < -0.4 is 4.74 Å². The molecule has 2 rings (SSSR count). The number of nitrogens with zero attached hydrogens (tertiary/aromatic N) is 1. The summed E-state index contributed by atoms with van der Waals surface area (Å²) in [7, 11) is 1.40. The monoisotopic (exact) mass is 297 g/mol. The number of carboxylic acid groups (broad SMARTS) is 1. The minimum absolute atomic E-state index is 0.109. The molecule has 0 amide bonds. The van der Waals surface area contributed by atoms with Crippen LogP contribution in [0.3, 0.4) is 0 Å². The van der Waals surface area contributed by atoms with Crippen LogP contribution >= 0.6 is 11.6 Å². The first-order chi connectivity index (χ1) is 9.38. The lowest BCUT2D eigenvalue weighted by Gasteiger charge is -2.15. The number of hydrogen-bond acceptors (Lipinski definition) is 5. The summed E-state index contributed by atoms with van der Waals surface area (Å²) in [5, 5.41) is 22.9. The third kappa shape index (κ3) is 2.08. The van der Waals surface area contributed by atoms with Crippen molar-refractivity contribution in [3.63, 3.8) is 0 Å². The molecule has 0 aliphatic rings. The maximum atomic E-state index is 10.8. The third-order valence-electron chi connectivity index (χ3n) is 3.01. The van der Waals surface area contributed by atoms with E-state index >= 15 is 0 Å². The molecule has 2 aromatic rings. The second-order valence-electron chi connectivity index (χ2n) is 4.20. The molecule has 7 heteroatoms. The summed E-state index contributed by atoms with van der Waals surface area (Å²) in [5.41, 5.74) is 1.15. The van der Waals surface area contributed by atoms with Crippen molar-refractivity contribution < 1.29 is 24.3 Å². The quantitative estimate of drug-likeness (QED) is 0.904. The Morgan fingerprint density at radius 3 is 2.55 bits per heavy atom. The summed E-state index contributed by atoms with van der Waals surface area (Å²) < 4.78 is 10.1. The normalized spacial score (nSPS) is 10.6. The highest BCUT2D eigenvalue weighted by Crippen LogP contribution is 2.46. The van der Waals surface area contributed by atoms with Gasteiger partial charge in [-0.1, -0.05) is 16.8 Å². The molecule has 20 heavy (non-hydrogen) atoms. The first-order valence-electron chi connectivity index (χ1n) is 5.64. The molecule has 1 aromatic heterocycles. The second-order valence-corrected chi connectivity index (χ2v) is 4.58. The van der Waals surface area contributed by atoms with Gasteiger partial charge in [-0.05, 0) is 19.4 Å². The first-order valence-corrected chi connectivity index (χ1v) is 6.02. The van der Waals surface area contributed by atoms with Crippen molar-refractivity contribution in [2.24, 2.45) is 0 Å². The van der Waals surface area contributed by atoms with Crippen molar-refractivity contribution in [1.29, 1.82) is 0 Å². The average Bonchev–Trinajstić information content (AvgIpc) is 2.87. The minimum atomic E-state index is -1.22. The summed E-state index contributed by atoms with van der Waals surface area (Å²) in [6, 6.07) is 1.22. The Morgan fingerprint density at radius 2 is 2.05 bits per heavy atom. The van der Waals surface area contributed by atoms with Gasteiger partial charge in [0.2, 0.25) is 0 Å². The fourth-order valence-electron chi connectivity index (χ4n) is 2.00. The van der Waals surface area contributed by atoms with Crippen LogP contribution in [0.2, 0.25) is 5.02 Å². The van der Waals surface area contributed by atoms with E-state index in [2.05, 4.69) is 5.16 Å². The van der Waals surface area contributed by atoms with E-state index in [1.54, 1.807) is 13.8 Å². The number of ether oxygens (including phenoxy) is 1. The van der Waals surface area contributed by atoms with Crippen LogP contribution in [0, 0.1) is 13.8 Å². The molecule has 0 saturated carbocycles. The van der Waals surface area contributed by atoms with E-state index < -0.39 is 5.97 Å². The largest absolute Gasteiger partial charge is 0.504 e. The Balaban J connectivity index is 2.72. The van der Waals surface area contributed by atoms with Gasteiger partial charge in [0, 0.05) is 11.6 Å². The molecule has 0 aliphatic carbocycles. The highest BCUT2D eigenvalue weighted by atomic mass is 35.5. The van der Waals surface area contributed by atoms with Gasteiger partial charge in [0.25, 0.3) is 0 Å². The molecule has 0 atom stereocenters. The smallest absolute Gasteiger partial charge is 0.358 e. The molecule has 1 aromatic carbocycles. The molecule has 0 unspecified atom stereocenters. The first kappa shape index (κ1) is 14.2. The van der Waals surface area contributed by atoms with Gasteiger partial charge in [-0.25, -0.2) is 4.79 Å². The number of carbonyl (C=O) groups is 1. The molecule has 0 bridgehead atoms. The number of carboxylic acids is 1. The highest BCUT2D eigenvalue weighted by molar-refractivity contribution is 6.33. The van der Waals surface area contributed by atoms with Crippen LogP contribution in [-0.4, -0.2) is 28.4 Å². The van der Waals surface area contributed by atoms with E-state index in [9.17, 15) is 9.90 Å². The van der Waals surface area contributed by atoms with Crippen molar-refractivity contribution in [2.75, 3.05) is 7.11 Å². The maximum absolute atomic E-state index is 10.8. The number of hydrogen-bond donors (Lipinski definition) is 2. The maximum Gasteiger partial charge on any atom is 0.358 e. The zero-order chi connectivity index (χ0) is 15.0. The van der Waals surface area contributed by atoms with Gasteiger partial charge < -0.3 is 19.5 Å². The fraction of sp³-hybridized carbons (Fsp3) is 0.231. The molecule has 106 valence electrons. The predicted octanol–water partition coefficient (Wildman–Crippen LogP) is 3.02. The molecule has 1 heterocycles. The molecule has 6 nitrogen and oxygen atoms in total. The van der Waals surface area contributed by atoms with Crippen LogP contribution in [0.1, 0.15) is 21.6 Å². The van der Waals surface area contributed by atoms with Gasteiger partial charge in [-0.2, -0.15) is 0 Å². The standard InChI is InChI=1S/C13H12ClNO5/c1-5-9(8-4-7(13(17)18)15-20-8)11(16)12(19-3)6(2)10(5)14/h4,16H,1-3H3,(H,17,18). The van der Waals surface area contributed by atoms with E-state index in [1.165, 1.54) is 13.2 Å². The van der Waals surface area contributed by atoms with Crippen molar-refractivity contribution in [3.05, 3.63) is 27.9 Å². The summed E-state index contributed by atoms with van der Waals surface area (Å²) in [6.07, 6.45) is 0. The van der Waals surface area contributed by atoms with Crippen molar-refractivity contribution in [2.45, 2.75) is 13.8 Å². The molecule has 0 aliphatic heterocycles. The number of aromatic nitrogens is 1. The van der Waals surface area contributed by atoms with Crippen LogP contribution in [0.15, 0.2) is 10.6 Å². The summed E-state index contributed by atoms with van der Waals surface area (Å²) in [6.45, 7) is 3.40. The summed E-state index contributed by atoms with van der Waals surface area (Å²) in [4.78, 5) is 10.8. The van der Waals surface area contributed by atoms with E-state index in [4.69, 9.17) is 26.0 Å². The van der Waals surface area contributed by atoms with Crippen LogP contribution in [0.5, 0.6) is 11.5 Å². The second kappa shape index (κ2) is 5.05. The average molecular weight is 298 g/mol. The number of phenols is 1. The lowest BCUT2D eigenvalue weighted by Crippen LogP contribution is -1.95. The van der Waals surface area contributed by atoms with E-state index in [1.807, 2.05) is 0 Å². The number of phenolic OH excluding ortho intramolecular Hbond substituents is 1. The van der Waals surface area contributed by atoms with Crippen molar-refractivity contribution in [3.8, 4) is 22.8 Å². The number of rotatable bonds is 3.